The van der Waals surface area contributed by atoms with Crippen LogP contribution in [0.15, 0.2) is 76.8 Å². The Labute approximate surface area is 171 Å². The fourth-order valence-electron chi connectivity index (χ4n) is 2.76. The predicted molar refractivity (Wildman–Crippen MR) is 115 cm³/mol. The number of hydrazone groups is 1. The Balaban J connectivity index is 1.89. The van der Waals surface area contributed by atoms with Crippen molar-refractivity contribution in [1.82, 2.24) is 5.43 Å². The molecule has 0 saturated carbocycles. The molecule has 0 bridgehead atoms. The van der Waals surface area contributed by atoms with Gasteiger partial charge in [-0.2, -0.15) is 5.10 Å². The number of hydrogen-bond donors (Lipinski definition) is 1. The molecule has 142 valence electrons. The number of halogens is 1. The minimum atomic E-state index is -0.372. The van der Waals surface area contributed by atoms with Crippen LogP contribution in [0.1, 0.15) is 15.9 Å². The predicted octanol–water partition coefficient (Wildman–Crippen LogP) is 4.94. The van der Waals surface area contributed by atoms with Crippen LogP contribution >= 0.6 is 15.9 Å². The summed E-state index contributed by atoms with van der Waals surface area (Å²) in [4.78, 5) is 12.5. The van der Waals surface area contributed by atoms with E-state index in [9.17, 15) is 4.79 Å². The molecular weight excluding hydrogens is 420 g/mol. The number of methoxy groups -OCH3 is 1. The second-order valence-electron chi connectivity index (χ2n) is 5.84. The molecule has 0 spiro atoms. The zero-order valence-electron chi connectivity index (χ0n) is 15.3. The highest BCUT2D eigenvalue weighted by atomic mass is 79.9. The zero-order valence-corrected chi connectivity index (χ0v) is 16.9. The first-order valence-corrected chi connectivity index (χ1v) is 9.35. The first kappa shape index (κ1) is 19.6. The number of carbonyl (C=O) groups excluding carboxylic acids is 1. The van der Waals surface area contributed by atoms with Crippen molar-refractivity contribution in [1.29, 1.82) is 0 Å². The Morgan fingerprint density at radius 3 is 2.75 bits per heavy atom. The summed E-state index contributed by atoms with van der Waals surface area (Å²) in [5.41, 5.74) is 3.71. The van der Waals surface area contributed by atoms with Crippen LogP contribution in [0.25, 0.3) is 10.8 Å². The van der Waals surface area contributed by atoms with Crippen molar-refractivity contribution < 1.29 is 14.3 Å². The standard InChI is InChI=1S/C22H19BrN2O3/c1-3-12-28-21-10-8-15-6-4-5-7-17(15)19(21)14-24-25-22(26)18-13-16(23)9-11-20(18)27-2/h3-11,13-14H,1,12H2,2H3,(H,25,26)/b24-14-. The molecule has 1 N–H and O–H groups in total. The summed E-state index contributed by atoms with van der Waals surface area (Å²) in [6.07, 6.45) is 3.26. The van der Waals surface area contributed by atoms with Gasteiger partial charge in [-0.25, -0.2) is 5.43 Å². The summed E-state index contributed by atoms with van der Waals surface area (Å²) in [5.74, 6) is 0.760. The van der Waals surface area contributed by atoms with Crippen LogP contribution in [0.2, 0.25) is 0 Å². The lowest BCUT2D eigenvalue weighted by atomic mass is 10.0. The van der Waals surface area contributed by atoms with Crippen LogP contribution in [0.5, 0.6) is 11.5 Å². The molecule has 28 heavy (non-hydrogen) atoms. The second kappa shape index (κ2) is 9.19. The summed E-state index contributed by atoms with van der Waals surface area (Å²) < 4.78 is 11.8. The smallest absolute Gasteiger partial charge is 0.275 e. The first-order chi connectivity index (χ1) is 13.6. The van der Waals surface area contributed by atoms with E-state index in [-0.39, 0.29) is 5.91 Å². The highest BCUT2D eigenvalue weighted by Crippen LogP contribution is 2.27. The SMILES string of the molecule is C=CCOc1ccc2ccccc2c1/C=N\NC(=O)c1cc(Br)ccc1OC. The normalized spacial score (nSPS) is 10.8. The molecule has 1 amide bonds. The Bertz CT molecular complexity index is 1050. The van der Waals surface area contributed by atoms with Gasteiger partial charge < -0.3 is 9.47 Å². The Morgan fingerprint density at radius 1 is 1.18 bits per heavy atom. The van der Waals surface area contributed by atoms with E-state index in [1.165, 1.54) is 7.11 Å². The van der Waals surface area contributed by atoms with Gasteiger partial charge in [-0.1, -0.05) is 58.9 Å². The van der Waals surface area contributed by atoms with Gasteiger partial charge in [0.15, 0.2) is 0 Å². The maximum absolute atomic E-state index is 12.5. The molecule has 0 aromatic heterocycles. The molecule has 3 aromatic rings. The third-order valence-electron chi connectivity index (χ3n) is 4.05. The van der Waals surface area contributed by atoms with Crippen LogP contribution in [0.4, 0.5) is 0 Å². The number of benzene rings is 3. The summed E-state index contributed by atoms with van der Waals surface area (Å²) >= 11 is 3.36. The summed E-state index contributed by atoms with van der Waals surface area (Å²) in [6, 6.07) is 17.0. The average Bonchev–Trinajstić information content (AvgIpc) is 2.72. The van der Waals surface area contributed by atoms with Crippen molar-refractivity contribution in [3.63, 3.8) is 0 Å². The van der Waals surface area contributed by atoms with Crippen LogP contribution in [-0.4, -0.2) is 25.8 Å². The van der Waals surface area contributed by atoms with E-state index in [2.05, 4.69) is 33.0 Å². The first-order valence-electron chi connectivity index (χ1n) is 8.56. The molecule has 3 aromatic carbocycles. The third-order valence-corrected chi connectivity index (χ3v) is 4.55. The number of rotatable bonds is 7. The summed E-state index contributed by atoms with van der Waals surface area (Å²) in [6.45, 7) is 4.05. The third kappa shape index (κ3) is 4.40. The molecule has 0 atom stereocenters. The van der Waals surface area contributed by atoms with E-state index < -0.39 is 0 Å². The average molecular weight is 439 g/mol. The van der Waals surface area contributed by atoms with Crippen molar-refractivity contribution in [3.05, 3.63) is 82.9 Å². The minimum absolute atomic E-state index is 0.372. The van der Waals surface area contributed by atoms with Gasteiger partial charge >= 0.3 is 0 Å². The van der Waals surface area contributed by atoms with Gasteiger partial charge in [0, 0.05) is 10.0 Å². The van der Waals surface area contributed by atoms with E-state index in [1.807, 2.05) is 36.4 Å². The van der Waals surface area contributed by atoms with E-state index in [0.717, 1.165) is 20.8 Å². The van der Waals surface area contributed by atoms with E-state index in [4.69, 9.17) is 9.47 Å². The van der Waals surface area contributed by atoms with Gasteiger partial charge in [0.05, 0.1) is 18.9 Å². The number of hydrogen-bond acceptors (Lipinski definition) is 4. The van der Waals surface area contributed by atoms with Crippen molar-refractivity contribution in [2.24, 2.45) is 5.10 Å². The van der Waals surface area contributed by atoms with Crippen LogP contribution in [0, 0.1) is 0 Å². The van der Waals surface area contributed by atoms with E-state index in [0.29, 0.717) is 23.7 Å². The highest BCUT2D eigenvalue weighted by Gasteiger charge is 2.12. The number of amides is 1. The van der Waals surface area contributed by atoms with Gasteiger partial charge in [-0.05, 0) is 35.0 Å². The van der Waals surface area contributed by atoms with Crippen LogP contribution in [-0.2, 0) is 0 Å². The number of nitrogens with one attached hydrogen (secondary N) is 1. The Kier molecular flexibility index (Phi) is 6.45. The second-order valence-corrected chi connectivity index (χ2v) is 6.76. The molecule has 0 aliphatic rings. The van der Waals surface area contributed by atoms with Crippen molar-refractivity contribution in [2.45, 2.75) is 0 Å². The lowest BCUT2D eigenvalue weighted by Gasteiger charge is -2.10. The molecule has 0 heterocycles. The minimum Gasteiger partial charge on any atom is -0.496 e. The lowest BCUT2D eigenvalue weighted by molar-refractivity contribution is 0.0952. The fraction of sp³-hybridized carbons (Fsp3) is 0.0909. The molecule has 0 radical (unpaired) electrons. The highest BCUT2D eigenvalue weighted by molar-refractivity contribution is 9.10. The molecular formula is C22H19BrN2O3. The van der Waals surface area contributed by atoms with Crippen molar-refractivity contribution in [2.75, 3.05) is 13.7 Å². The number of fused-ring (bicyclic) bond motifs is 1. The molecule has 0 aliphatic heterocycles. The van der Waals surface area contributed by atoms with Gasteiger partial charge in [-0.3, -0.25) is 4.79 Å². The Morgan fingerprint density at radius 2 is 1.96 bits per heavy atom. The molecule has 0 saturated heterocycles. The van der Waals surface area contributed by atoms with E-state index >= 15 is 0 Å². The summed E-state index contributed by atoms with van der Waals surface area (Å²) in [7, 11) is 1.52. The lowest BCUT2D eigenvalue weighted by Crippen LogP contribution is -2.18. The molecule has 0 fully saturated rings. The van der Waals surface area contributed by atoms with Crippen LogP contribution < -0.4 is 14.9 Å². The molecule has 3 rings (SSSR count). The van der Waals surface area contributed by atoms with Gasteiger partial charge in [0.25, 0.3) is 5.91 Å². The van der Waals surface area contributed by atoms with Gasteiger partial charge in [0.2, 0.25) is 0 Å². The van der Waals surface area contributed by atoms with Gasteiger partial charge in [-0.15, -0.1) is 0 Å². The maximum atomic E-state index is 12.5. The number of carbonyl (C=O) groups is 1. The summed E-state index contributed by atoms with van der Waals surface area (Å²) in [5, 5.41) is 6.17. The molecule has 6 heteroatoms. The Hall–Kier alpha value is -3.12. The fourth-order valence-corrected chi connectivity index (χ4v) is 3.12. The molecule has 5 nitrogen and oxygen atoms in total. The van der Waals surface area contributed by atoms with Crippen LogP contribution in [0.3, 0.4) is 0 Å². The topological polar surface area (TPSA) is 59.9 Å². The molecule has 0 aliphatic carbocycles. The molecule has 0 unspecified atom stereocenters. The quantitative estimate of drug-likeness (QED) is 0.322. The number of ether oxygens (including phenoxy) is 2. The van der Waals surface area contributed by atoms with Crippen molar-refractivity contribution in [3.8, 4) is 11.5 Å². The monoisotopic (exact) mass is 438 g/mol. The maximum Gasteiger partial charge on any atom is 0.275 e. The largest absolute Gasteiger partial charge is 0.496 e. The van der Waals surface area contributed by atoms with Gasteiger partial charge in [0.1, 0.15) is 18.1 Å². The zero-order chi connectivity index (χ0) is 19.9. The number of nitrogens with zero attached hydrogens (tertiary/aromatic N) is 1. The van der Waals surface area contributed by atoms with E-state index in [1.54, 1.807) is 30.5 Å². The van der Waals surface area contributed by atoms with Crippen molar-refractivity contribution >= 4 is 38.8 Å².